The monoisotopic (exact) mass is 285 g/mol. The lowest BCUT2D eigenvalue weighted by Crippen LogP contribution is -2.33. The fourth-order valence-corrected chi connectivity index (χ4v) is 3.84. The fraction of sp³-hybridized carbons (Fsp3) is 0.647. The van der Waals surface area contributed by atoms with E-state index in [1.54, 1.807) is 0 Å². The van der Waals surface area contributed by atoms with E-state index in [1.807, 2.05) is 12.3 Å². The molecule has 1 saturated carbocycles. The summed E-state index contributed by atoms with van der Waals surface area (Å²) in [6, 6.07) is 6.11. The lowest BCUT2D eigenvalue weighted by molar-refractivity contribution is -0.130. The van der Waals surface area contributed by atoms with Crippen LogP contribution in [0.15, 0.2) is 24.4 Å². The van der Waals surface area contributed by atoms with E-state index in [1.165, 1.54) is 12.8 Å². The van der Waals surface area contributed by atoms with Crippen molar-refractivity contribution in [3.05, 3.63) is 30.1 Å². The maximum absolute atomic E-state index is 12.2. The van der Waals surface area contributed by atoms with Crippen LogP contribution in [-0.2, 0) is 11.3 Å². The van der Waals surface area contributed by atoms with E-state index in [2.05, 4.69) is 26.9 Å². The highest BCUT2D eigenvalue weighted by atomic mass is 16.2. The van der Waals surface area contributed by atoms with E-state index >= 15 is 0 Å². The second kappa shape index (κ2) is 5.41. The largest absolute Gasteiger partial charge is 0.342 e. The first-order valence-corrected chi connectivity index (χ1v) is 8.18. The summed E-state index contributed by atoms with van der Waals surface area (Å²) in [5.74, 6) is 2.47. The molecular formula is C17H23N3O. The smallest absolute Gasteiger partial charge is 0.222 e. The van der Waals surface area contributed by atoms with Gasteiger partial charge in [0, 0.05) is 45.3 Å². The van der Waals surface area contributed by atoms with Crippen LogP contribution in [0.25, 0.3) is 0 Å². The summed E-state index contributed by atoms with van der Waals surface area (Å²) in [5, 5.41) is 0. The number of fused-ring (bicyclic) bond motifs is 1. The summed E-state index contributed by atoms with van der Waals surface area (Å²) in [7, 11) is 0. The summed E-state index contributed by atoms with van der Waals surface area (Å²) >= 11 is 0. The highest BCUT2D eigenvalue weighted by Crippen LogP contribution is 2.36. The Morgan fingerprint density at radius 1 is 1.14 bits per heavy atom. The molecule has 2 saturated heterocycles. The third kappa shape index (κ3) is 2.95. The Hall–Kier alpha value is -1.42. The molecule has 2 aliphatic heterocycles. The third-order valence-corrected chi connectivity index (χ3v) is 5.19. The van der Waals surface area contributed by atoms with Crippen molar-refractivity contribution >= 4 is 5.91 Å². The number of likely N-dealkylation sites (tertiary alicyclic amines) is 2. The Bertz CT molecular complexity index is 500. The maximum atomic E-state index is 12.2. The minimum absolute atomic E-state index is 0.406. The van der Waals surface area contributed by atoms with Crippen LogP contribution in [0, 0.1) is 17.8 Å². The van der Waals surface area contributed by atoms with Gasteiger partial charge in [0.15, 0.2) is 0 Å². The van der Waals surface area contributed by atoms with Crippen molar-refractivity contribution in [2.75, 3.05) is 26.2 Å². The van der Waals surface area contributed by atoms with Crippen LogP contribution >= 0.6 is 0 Å². The van der Waals surface area contributed by atoms with Gasteiger partial charge in [-0.05, 0) is 42.7 Å². The lowest BCUT2D eigenvalue weighted by Gasteiger charge is -2.21. The molecule has 0 N–H and O–H groups in total. The van der Waals surface area contributed by atoms with E-state index in [0.717, 1.165) is 44.8 Å². The van der Waals surface area contributed by atoms with Gasteiger partial charge in [0.05, 0.1) is 5.69 Å². The first kappa shape index (κ1) is 13.3. The topological polar surface area (TPSA) is 36.4 Å². The van der Waals surface area contributed by atoms with Gasteiger partial charge in [0.2, 0.25) is 5.91 Å². The molecule has 0 aromatic carbocycles. The molecule has 3 fully saturated rings. The van der Waals surface area contributed by atoms with Gasteiger partial charge >= 0.3 is 0 Å². The molecule has 4 nitrogen and oxygen atoms in total. The van der Waals surface area contributed by atoms with Gasteiger partial charge in [-0.25, -0.2) is 0 Å². The zero-order chi connectivity index (χ0) is 14.2. The predicted molar refractivity (Wildman–Crippen MR) is 80.4 cm³/mol. The maximum Gasteiger partial charge on any atom is 0.222 e. The third-order valence-electron chi connectivity index (χ3n) is 5.19. The average molecular weight is 285 g/mol. The predicted octanol–water partition coefficient (Wildman–Crippen LogP) is 1.77. The molecule has 2 atom stereocenters. The van der Waals surface area contributed by atoms with Gasteiger partial charge in [0.25, 0.3) is 0 Å². The van der Waals surface area contributed by atoms with Crippen molar-refractivity contribution in [1.29, 1.82) is 0 Å². The molecule has 4 heteroatoms. The molecule has 1 amide bonds. The molecular weight excluding hydrogens is 262 g/mol. The van der Waals surface area contributed by atoms with Crippen molar-refractivity contribution in [2.24, 2.45) is 17.8 Å². The van der Waals surface area contributed by atoms with Crippen LogP contribution < -0.4 is 0 Å². The van der Waals surface area contributed by atoms with Crippen molar-refractivity contribution < 1.29 is 4.79 Å². The van der Waals surface area contributed by atoms with Gasteiger partial charge in [-0.3, -0.25) is 14.7 Å². The molecule has 0 spiro atoms. The number of amides is 1. The molecule has 0 radical (unpaired) electrons. The van der Waals surface area contributed by atoms with Crippen molar-refractivity contribution in [3.8, 4) is 0 Å². The number of carbonyl (C=O) groups excluding carboxylic acids is 1. The molecule has 3 aliphatic rings. The van der Waals surface area contributed by atoms with Crippen LogP contribution in [0.3, 0.4) is 0 Å². The minimum Gasteiger partial charge on any atom is -0.342 e. The molecule has 3 heterocycles. The summed E-state index contributed by atoms with van der Waals surface area (Å²) in [6.07, 6.45) is 5.20. The second-order valence-corrected chi connectivity index (χ2v) is 6.98. The van der Waals surface area contributed by atoms with Crippen LogP contribution in [0.4, 0.5) is 0 Å². The molecule has 1 aromatic rings. The van der Waals surface area contributed by atoms with Crippen LogP contribution in [0.1, 0.15) is 25.0 Å². The second-order valence-electron chi connectivity index (χ2n) is 6.98. The van der Waals surface area contributed by atoms with Gasteiger partial charge in [-0.15, -0.1) is 0 Å². The number of nitrogens with zero attached hydrogens (tertiary/aromatic N) is 3. The Morgan fingerprint density at radius 3 is 2.52 bits per heavy atom. The Morgan fingerprint density at radius 2 is 1.90 bits per heavy atom. The lowest BCUT2D eigenvalue weighted by atomic mass is 10.0. The number of hydrogen-bond donors (Lipinski definition) is 0. The van der Waals surface area contributed by atoms with Crippen molar-refractivity contribution in [3.63, 3.8) is 0 Å². The Balaban J connectivity index is 1.30. The van der Waals surface area contributed by atoms with Crippen LogP contribution in [0.5, 0.6) is 0 Å². The van der Waals surface area contributed by atoms with E-state index < -0.39 is 0 Å². The highest BCUT2D eigenvalue weighted by Gasteiger charge is 2.42. The first-order valence-electron chi connectivity index (χ1n) is 8.18. The van der Waals surface area contributed by atoms with Crippen LogP contribution in [-0.4, -0.2) is 46.9 Å². The van der Waals surface area contributed by atoms with E-state index in [0.29, 0.717) is 23.7 Å². The number of pyridine rings is 1. The molecule has 1 aromatic heterocycles. The molecule has 1 aliphatic carbocycles. The number of carbonyl (C=O) groups is 1. The van der Waals surface area contributed by atoms with Gasteiger partial charge < -0.3 is 4.90 Å². The first-order chi connectivity index (χ1) is 10.3. The number of aromatic nitrogens is 1. The Labute approximate surface area is 126 Å². The van der Waals surface area contributed by atoms with Crippen molar-refractivity contribution in [1.82, 2.24) is 14.8 Å². The number of hydrogen-bond acceptors (Lipinski definition) is 3. The highest BCUT2D eigenvalue weighted by molar-refractivity contribution is 5.77. The summed E-state index contributed by atoms with van der Waals surface area (Å²) in [5.41, 5.74) is 1.15. The fourth-order valence-electron chi connectivity index (χ4n) is 3.84. The quantitative estimate of drug-likeness (QED) is 0.846. The molecule has 0 unspecified atom stereocenters. The summed E-state index contributed by atoms with van der Waals surface area (Å²) in [4.78, 5) is 21.2. The molecule has 4 rings (SSSR count). The van der Waals surface area contributed by atoms with E-state index in [4.69, 9.17) is 0 Å². The van der Waals surface area contributed by atoms with Gasteiger partial charge in [0.1, 0.15) is 0 Å². The zero-order valence-electron chi connectivity index (χ0n) is 12.4. The average Bonchev–Trinajstić information content (AvgIpc) is 3.07. The van der Waals surface area contributed by atoms with Gasteiger partial charge in [-0.2, -0.15) is 0 Å². The summed E-state index contributed by atoms with van der Waals surface area (Å²) in [6.45, 7) is 5.15. The standard InChI is InChI=1S/C17H23N3O/c21-17(7-13-4-5-13)20-10-14-8-19(9-15(14)11-20)12-16-3-1-2-6-18-16/h1-3,6,13-15H,4-5,7-12H2/t14-,15+. The Kier molecular flexibility index (Phi) is 3.42. The molecule has 112 valence electrons. The van der Waals surface area contributed by atoms with Crippen LogP contribution in [0.2, 0.25) is 0 Å². The van der Waals surface area contributed by atoms with E-state index in [9.17, 15) is 4.79 Å². The number of rotatable bonds is 4. The normalized spacial score (nSPS) is 28.9. The molecule has 0 bridgehead atoms. The minimum atomic E-state index is 0.406. The molecule has 21 heavy (non-hydrogen) atoms. The van der Waals surface area contributed by atoms with Gasteiger partial charge in [-0.1, -0.05) is 6.07 Å². The SMILES string of the molecule is O=C(CC1CC1)N1C[C@H]2CN(Cc3ccccn3)C[C@H]2C1. The van der Waals surface area contributed by atoms with E-state index in [-0.39, 0.29) is 0 Å². The zero-order valence-corrected chi connectivity index (χ0v) is 12.4. The van der Waals surface area contributed by atoms with Crippen molar-refractivity contribution in [2.45, 2.75) is 25.8 Å². The summed E-state index contributed by atoms with van der Waals surface area (Å²) < 4.78 is 0.